The van der Waals surface area contributed by atoms with Gasteiger partial charge in [0, 0.05) is 11.5 Å². The van der Waals surface area contributed by atoms with Crippen molar-refractivity contribution in [3.8, 4) is 0 Å². The number of hydrogen-bond acceptors (Lipinski definition) is 2. The van der Waals surface area contributed by atoms with Crippen LogP contribution in [-0.2, 0) is 4.79 Å². The van der Waals surface area contributed by atoms with Gasteiger partial charge in [0.2, 0.25) is 0 Å². The van der Waals surface area contributed by atoms with Gasteiger partial charge in [0.25, 0.3) is 0 Å². The summed E-state index contributed by atoms with van der Waals surface area (Å²) < 4.78 is 0. The highest BCUT2D eigenvalue weighted by Crippen LogP contribution is 2.23. The topological polar surface area (TPSA) is 34.1 Å². The van der Waals surface area contributed by atoms with E-state index in [9.17, 15) is 9.59 Å². The molecule has 18 heavy (non-hydrogen) atoms. The van der Waals surface area contributed by atoms with Crippen LogP contribution in [0.15, 0.2) is 30.3 Å². The number of carbonyl (C=O) groups excluding carboxylic acids is 2. The van der Waals surface area contributed by atoms with E-state index in [2.05, 4.69) is 0 Å². The normalized spacial score (nSPS) is 15.4. The van der Waals surface area contributed by atoms with Crippen LogP contribution in [0, 0.1) is 5.92 Å². The molecule has 0 amide bonds. The van der Waals surface area contributed by atoms with E-state index in [1.54, 1.807) is 13.8 Å². The highest BCUT2D eigenvalue weighted by Gasteiger charge is 2.16. The lowest BCUT2D eigenvalue weighted by atomic mass is 9.87. The molecule has 0 N–H and O–H groups in total. The second kappa shape index (κ2) is 7.80. The zero-order valence-electron chi connectivity index (χ0n) is 11.3. The molecule has 1 aliphatic carbocycles. The van der Waals surface area contributed by atoms with Crippen molar-refractivity contribution in [2.24, 2.45) is 5.92 Å². The second-order valence-electron chi connectivity index (χ2n) is 4.87. The summed E-state index contributed by atoms with van der Waals surface area (Å²) in [5.74, 6) is 0.934. The lowest BCUT2D eigenvalue weighted by Crippen LogP contribution is -2.13. The van der Waals surface area contributed by atoms with E-state index in [-0.39, 0.29) is 5.78 Å². The lowest BCUT2D eigenvalue weighted by Gasteiger charge is -2.17. The van der Waals surface area contributed by atoms with Crippen LogP contribution < -0.4 is 0 Å². The van der Waals surface area contributed by atoms with Gasteiger partial charge in [0.1, 0.15) is 5.78 Å². The Labute approximate surface area is 109 Å². The molecule has 0 radical (unpaired) electrons. The standard InChI is InChI=1S/C8H14O.C8H8O/c2*1-7(9)8-5-3-2-4-6-8/h8H,2-6H2,1H3;2-6H,1H3. The first kappa shape index (κ1) is 14.6. The van der Waals surface area contributed by atoms with E-state index in [4.69, 9.17) is 0 Å². The number of benzene rings is 1. The molecule has 2 nitrogen and oxygen atoms in total. The molecule has 2 rings (SSSR count). The van der Waals surface area contributed by atoms with Crippen molar-refractivity contribution in [3.63, 3.8) is 0 Å². The minimum atomic E-state index is 0.121. The summed E-state index contributed by atoms with van der Waals surface area (Å²) in [5.41, 5.74) is 0.775. The van der Waals surface area contributed by atoms with Crippen LogP contribution >= 0.6 is 0 Å². The Morgan fingerprint density at radius 2 is 1.50 bits per heavy atom. The zero-order valence-corrected chi connectivity index (χ0v) is 11.3. The molecule has 1 aromatic rings. The van der Waals surface area contributed by atoms with Crippen molar-refractivity contribution in [2.45, 2.75) is 46.0 Å². The number of Topliss-reactive ketones (excluding diaryl/α,β-unsaturated/α-hetero) is 2. The van der Waals surface area contributed by atoms with E-state index < -0.39 is 0 Å². The van der Waals surface area contributed by atoms with Gasteiger partial charge in [-0.25, -0.2) is 0 Å². The van der Waals surface area contributed by atoms with E-state index in [0.717, 1.165) is 18.4 Å². The fourth-order valence-electron chi connectivity index (χ4n) is 2.18. The quantitative estimate of drug-likeness (QED) is 0.738. The molecule has 0 spiro atoms. The zero-order chi connectivity index (χ0) is 13.4. The van der Waals surface area contributed by atoms with E-state index in [1.807, 2.05) is 30.3 Å². The Morgan fingerprint density at radius 1 is 0.944 bits per heavy atom. The average molecular weight is 246 g/mol. The summed E-state index contributed by atoms with van der Waals surface area (Å²) in [6, 6.07) is 9.23. The molecule has 1 fully saturated rings. The van der Waals surface area contributed by atoms with Crippen LogP contribution in [0.4, 0.5) is 0 Å². The predicted molar refractivity (Wildman–Crippen MR) is 73.7 cm³/mol. The maximum Gasteiger partial charge on any atom is 0.159 e. The first-order chi connectivity index (χ1) is 8.61. The molecule has 1 aromatic carbocycles. The third-order valence-corrected chi connectivity index (χ3v) is 3.36. The van der Waals surface area contributed by atoms with Crippen molar-refractivity contribution in [3.05, 3.63) is 35.9 Å². The summed E-state index contributed by atoms with van der Waals surface area (Å²) in [5, 5.41) is 0. The summed E-state index contributed by atoms with van der Waals surface area (Å²) in [4.78, 5) is 21.4. The molecule has 0 unspecified atom stereocenters. The van der Waals surface area contributed by atoms with Crippen LogP contribution in [0.2, 0.25) is 0 Å². The minimum Gasteiger partial charge on any atom is -0.300 e. The van der Waals surface area contributed by atoms with Crippen molar-refractivity contribution in [1.82, 2.24) is 0 Å². The monoisotopic (exact) mass is 246 g/mol. The van der Waals surface area contributed by atoms with E-state index in [1.165, 1.54) is 19.3 Å². The molecular weight excluding hydrogens is 224 g/mol. The summed E-state index contributed by atoms with van der Waals surface area (Å²) in [6.07, 6.45) is 6.17. The van der Waals surface area contributed by atoms with Crippen LogP contribution in [0.3, 0.4) is 0 Å². The molecule has 1 saturated carbocycles. The van der Waals surface area contributed by atoms with Gasteiger partial charge in [-0.15, -0.1) is 0 Å². The van der Waals surface area contributed by atoms with E-state index in [0.29, 0.717) is 11.7 Å². The first-order valence-corrected chi connectivity index (χ1v) is 6.67. The maximum absolute atomic E-state index is 10.8. The molecule has 0 aromatic heterocycles. The SMILES string of the molecule is CC(=O)C1CCCCC1.CC(=O)c1ccccc1. The van der Waals surface area contributed by atoms with Gasteiger partial charge in [-0.05, 0) is 26.7 Å². The fraction of sp³-hybridized carbons (Fsp3) is 0.500. The van der Waals surface area contributed by atoms with Gasteiger partial charge in [-0.1, -0.05) is 49.6 Å². The lowest BCUT2D eigenvalue weighted by molar-refractivity contribution is -0.121. The van der Waals surface area contributed by atoms with Gasteiger partial charge in [0.15, 0.2) is 5.78 Å². The highest BCUT2D eigenvalue weighted by atomic mass is 16.1. The van der Waals surface area contributed by atoms with Crippen LogP contribution in [0.5, 0.6) is 0 Å². The molecular formula is C16H22O2. The average Bonchev–Trinajstić information content (AvgIpc) is 2.41. The third-order valence-electron chi connectivity index (χ3n) is 3.36. The smallest absolute Gasteiger partial charge is 0.159 e. The molecule has 0 heterocycles. The maximum atomic E-state index is 10.8. The molecule has 98 valence electrons. The minimum absolute atomic E-state index is 0.121. The van der Waals surface area contributed by atoms with Crippen LogP contribution in [0.25, 0.3) is 0 Å². The Hall–Kier alpha value is -1.44. The van der Waals surface area contributed by atoms with Crippen molar-refractivity contribution in [2.75, 3.05) is 0 Å². The number of ketones is 2. The third kappa shape index (κ3) is 5.26. The summed E-state index contributed by atoms with van der Waals surface area (Å²) in [6.45, 7) is 3.28. The molecule has 0 atom stereocenters. The largest absolute Gasteiger partial charge is 0.300 e. The Kier molecular flexibility index (Phi) is 6.34. The molecule has 0 bridgehead atoms. The Balaban J connectivity index is 0.000000180. The molecule has 2 heteroatoms. The molecule has 0 saturated heterocycles. The van der Waals surface area contributed by atoms with Gasteiger partial charge in [-0.2, -0.15) is 0 Å². The number of carbonyl (C=O) groups is 2. The van der Waals surface area contributed by atoms with Gasteiger partial charge < -0.3 is 0 Å². The molecule has 1 aliphatic rings. The van der Waals surface area contributed by atoms with Crippen molar-refractivity contribution >= 4 is 11.6 Å². The highest BCUT2D eigenvalue weighted by molar-refractivity contribution is 5.93. The number of rotatable bonds is 2. The van der Waals surface area contributed by atoms with Gasteiger partial charge >= 0.3 is 0 Å². The number of hydrogen-bond donors (Lipinski definition) is 0. The summed E-state index contributed by atoms with van der Waals surface area (Å²) in [7, 11) is 0. The first-order valence-electron chi connectivity index (χ1n) is 6.67. The van der Waals surface area contributed by atoms with E-state index >= 15 is 0 Å². The second-order valence-corrected chi connectivity index (χ2v) is 4.87. The fourth-order valence-corrected chi connectivity index (χ4v) is 2.18. The van der Waals surface area contributed by atoms with Crippen LogP contribution in [0.1, 0.15) is 56.3 Å². The van der Waals surface area contributed by atoms with Crippen LogP contribution in [-0.4, -0.2) is 11.6 Å². The predicted octanol–water partition coefficient (Wildman–Crippen LogP) is 4.04. The summed E-state index contributed by atoms with van der Waals surface area (Å²) >= 11 is 0. The Bertz CT molecular complexity index is 375. The molecule has 0 aliphatic heterocycles. The van der Waals surface area contributed by atoms with Crippen molar-refractivity contribution < 1.29 is 9.59 Å². The van der Waals surface area contributed by atoms with Gasteiger partial charge in [0.05, 0.1) is 0 Å². The van der Waals surface area contributed by atoms with Gasteiger partial charge in [-0.3, -0.25) is 9.59 Å². The Morgan fingerprint density at radius 3 is 1.83 bits per heavy atom. The van der Waals surface area contributed by atoms with Crippen molar-refractivity contribution in [1.29, 1.82) is 0 Å².